The molecular formula is C14H23N5O2. The summed E-state index contributed by atoms with van der Waals surface area (Å²) in [6.07, 6.45) is 2.07. The quantitative estimate of drug-likeness (QED) is 0.553. The largest absolute Gasteiger partial charge is 0.394 e. The van der Waals surface area contributed by atoms with Gasteiger partial charge in [0.05, 0.1) is 18.3 Å². The molecule has 0 aromatic carbocycles. The van der Waals surface area contributed by atoms with E-state index in [1.807, 2.05) is 19.9 Å². The van der Waals surface area contributed by atoms with Gasteiger partial charge in [-0.05, 0) is 26.7 Å². The summed E-state index contributed by atoms with van der Waals surface area (Å²) in [4.78, 5) is 11.3. The second-order valence-corrected chi connectivity index (χ2v) is 6.45. The average molecular weight is 293 g/mol. The molecule has 3 rings (SSSR count). The Labute approximate surface area is 124 Å². The second kappa shape index (κ2) is 5.40. The van der Waals surface area contributed by atoms with Crippen LogP contribution < -0.4 is 16.2 Å². The molecule has 1 aliphatic heterocycles. The van der Waals surface area contributed by atoms with Gasteiger partial charge >= 0.3 is 0 Å². The molecule has 21 heavy (non-hydrogen) atoms. The van der Waals surface area contributed by atoms with Gasteiger partial charge in [-0.3, -0.25) is 0 Å². The molecule has 1 aromatic rings. The molecule has 2 aliphatic rings. The number of anilines is 2. The molecule has 1 saturated carbocycles. The van der Waals surface area contributed by atoms with Gasteiger partial charge in [-0.15, -0.1) is 0 Å². The molecule has 7 heteroatoms. The lowest BCUT2D eigenvalue weighted by atomic mass is 10.1. The molecule has 7 nitrogen and oxygen atoms in total. The smallest absolute Gasteiger partial charge is 0.145 e. The van der Waals surface area contributed by atoms with Gasteiger partial charge in [0.1, 0.15) is 17.5 Å². The van der Waals surface area contributed by atoms with Crippen LogP contribution in [0.5, 0.6) is 0 Å². The monoisotopic (exact) mass is 293 g/mol. The number of aliphatic hydroxyl groups is 1. The highest BCUT2D eigenvalue weighted by atomic mass is 16.5. The van der Waals surface area contributed by atoms with Crippen LogP contribution in [0, 0.1) is 0 Å². The van der Waals surface area contributed by atoms with Gasteiger partial charge in [0, 0.05) is 25.1 Å². The van der Waals surface area contributed by atoms with Crippen LogP contribution >= 0.6 is 0 Å². The third-order valence-corrected chi connectivity index (χ3v) is 3.83. The molecule has 116 valence electrons. The third kappa shape index (κ3) is 3.25. The Bertz CT molecular complexity index is 518. The summed E-state index contributed by atoms with van der Waals surface area (Å²) in [5.74, 6) is 8.30. The third-order valence-electron chi connectivity index (χ3n) is 3.83. The van der Waals surface area contributed by atoms with Crippen molar-refractivity contribution in [2.45, 2.75) is 44.3 Å². The molecule has 1 saturated heterocycles. The van der Waals surface area contributed by atoms with E-state index in [4.69, 9.17) is 10.6 Å². The maximum Gasteiger partial charge on any atom is 0.145 e. The highest BCUT2D eigenvalue weighted by molar-refractivity contribution is 5.50. The van der Waals surface area contributed by atoms with E-state index >= 15 is 0 Å². The van der Waals surface area contributed by atoms with Crippen LogP contribution in [0.25, 0.3) is 0 Å². The molecule has 0 radical (unpaired) electrons. The summed E-state index contributed by atoms with van der Waals surface area (Å²) in [5, 5.41) is 9.42. The summed E-state index contributed by atoms with van der Waals surface area (Å²) >= 11 is 0. The van der Waals surface area contributed by atoms with E-state index in [-0.39, 0.29) is 18.3 Å². The number of hydrogen-bond donors (Lipinski definition) is 3. The molecule has 0 spiro atoms. The summed E-state index contributed by atoms with van der Waals surface area (Å²) in [5.41, 5.74) is 2.29. The van der Waals surface area contributed by atoms with E-state index in [9.17, 15) is 5.11 Å². The highest BCUT2D eigenvalue weighted by Crippen LogP contribution is 2.39. The first-order valence-corrected chi connectivity index (χ1v) is 7.40. The molecule has 1 aliphatic carbocycles. The van der Waals surface area contributed by atoms with Crippen LogP contribution in [-0.2, 0) is 4.74 Å². The number of nitrogens with two attached hydrogens (primary N) is 1. The lowest BCUT2D eigenvalue weighted by molar-refractivity contribution is -0.101. The van der Waals surface area contributed by atoms with Crippen LogP contribution in [0.4, 0.5) is 11.6 Å². The van der Waals surface area contributed by atoms with E-state index in [0.29, 0.717) is 24.8 Å². The van der Waals surface area contributed by atoms with Gasteiger partial charge in [-0.25, -0.2) is 15.8 Å². The number of aromatic nitrogens is 2. The van der Waals surface area contributed by atoms with Gasteiger partial charge in [-0.2, -0.15) is 0 Å². The van der Waals surface area contributed by atoms with Crippen LogP contribution in [0.15, 0.2) is 6.07 Å². The van der Waals surface area contributed by atoms with Crippen LogP contribution in [-0.4, -0.2) is 46.5 Å². The number of hydrogen-bond acceptors (Lipinski definition) is 7. The highest BCUT2D eigenvalue weighted by Gasteiger charge is 2.35. The van der Waals surface area contributed by atoms with Crippen LogP contribution in [0.1, 0.15) is 38.4 Å². The summed E-state index contributed by atoms with van der Waals surface area (Å²) < 4.78 is 5.85. The maximum absolute atomic E-state index is 9.42. The average Bonchev–Trinajstić information content (AvgIpc) is 3.29. The van der Waals surface area contributed by atoms with Crippen molar-refractivity contribution < 1.29 is 9.84 Å². The summed E-state index contributed by atoms with van der Waals surface area (Å²) in [6, 6.07) is 1.85. The number of morpholine rings is 1. The Morgan fingerprint density at radius 3 is 2.86 bits per heavy atom. The van der Waals surface area contributed by atoms with Crippen molar-refractivity contribution in [2.75, 3.05) is 30.0 Å². The zero-order chi connectivity index (χ0) is 15.0. The Kier molecular flexibility index (Phi) is 3.73. The molecular weight excluding hydrogens is 270 g/mol. The van der Waals surface area contributed by atoms with Crippen LogP contribution in [0.3, 0.4) is 0 Å². The SMILES string of the molecule is CC1(C)CN(c2cc(NN)nc(C3CC3)n2)CC(CO)O1. The first-order chi connectivity index (χ1) is 10.0. The Morgan fingerprint density at radius 2 is 2.24 bits per heavy atom. The van der Waals surface area contributed by atoms with E-state index in [1.54, 1.807) is 0 Å². The molecule has 1 unspecified atom stereocenters. The first-order valence-electron chi connectivity index (χ1n) is 7.40. The number of ether oxygens (including phenoxy) is 1. The van der Waals surface area contributed by atoms with Gasteiger partial charge in [0.15, 0.2) is 0 Å². The van der Waals surface area contributed by atoms with Crippen molar-refractivity contribution in [3.63, 3.8) is 0 Å². The maximum atomic E-state index is 9.42. The zero-order valence-electron chi connectivity index (χ0n) is 12.5. The van der Waals surface area contributed by atoms with Gasteiger partial charge in [0.2, 0.25) is 0 Å². The Hall–Kier alpha value is -1.44. The predicted octanol–water partition coefficient (Wildman–Crippen LogP) is 0.616. The standard InChI is InChI=1S/C14H23N5O2/c1-14(2)8-19(6-10(7-20)21-14)12-5-11(18-15)16-13(17-12)9-3-4-9/h5,9-10,20H,3-4,6-8,15H2,1-2H3,(H,16,17,18). The van der Waals surface area contributed by atoms with Gasteiger partial charge < -0.3 is 20.2 Å². The molecule has 1 atom stereocenters. The number of nitrogens with one attached hydrogen (secondary N) is 1. The minimum absolute atomic E-state index is 0.00247. The molecule has 1 aromatic heterocycles. The number of hydrazine groups is 1. The molecule has 0 amide bonds. The van der Waals surface area contributed by atoms with Gasteiger partial charge in [0.25, 0.3) is 0 Å². The zero-order valence-corrected chi connectivity index (χ0v) is 12.5. The summed E-state index contributed by atoms with van der Waals surface area (Å²) in [7, 11) is 0. The Balaban J connectivity index is 1.89. The number of aliphatic hydroxyl groups excluding tert-OH is 1. The topological polar surface area (TPSA) is 96.5 Å². The normalized spacial score (nSPS) is 25.0. The second-order valence-electron chi connectivity index (χ2n) is 6.45. The predicted molar refractivity (Wildman–Crippen MR) is 80.1 cm³/mol. The molecule has 0 bridgehead atoms. The minimum Gasteiger partial charge on any atom is -0.394 e. The van der Waals surface area contributed by atoms with E-state index in [0.717, 1.165) is 24.5 Å². The van der Waals surface area contributed by atoms with Crippen molar-refractivity contribution in [3.05, 3.63) is 11.9 Å². The number of nitrogens with zero attached hydrogens (tertiary/aromatic N) is 3. The lowest BCUT2D eigenvalue weighted by Gasteiger charge is -2.42. The van der Waals surface area contributed by atoms with Crippen molar-refractivity contribution in [3.8, 4) is 0 Å². The van der Waals surface area contributed by atoms with Crippen molar-refractivity contribution >= 4 is 11.6 Å². The fourth-order valence-electron chi connectivity index (χ4n) is 2.78. The molecule has 2 fully saturated rings. The lowest BCUT2D eigenvalue weighted by Crippen LogP contribution is -2.54. The van der Waals surface area contributed by atoms with Crippen molar-refractivity contribution in [1.82, 2.24) is 9.97 Å². The van der Waals surface area contributed by atoms with Crippen LogP contribution in [0.2, 0.25) is 0 Å². The van der Waals surface area contributed by atoms with Crippen molar-refractivity contribution in [2.24, 2.45) is 5.84 Å². The molecule has 4 N–H and O–H groups in total. The minimum atomic E-state index is -0.327. The van der Waals surface area contributed by atoms with Crippen molar-refractivity contribution in [1.29, 1.82) is 0 Å². The summed E-state index contributed by atoms with van der Waals surface area (Å²) in [6.45, 7) is 5.38. The van der Waals surface area contributed by atoms with E-state index in [1.165, 1.54) is 0 Å². The number of rotatable bonds is 4. The Morgan fingerprint density at radius 1 is 1.48 bits per heavy atom. The molecule has 2 heterocycles. The fourth-order valence-corrected chi connectivity index (χ4v) is 2.78. The van der Waals surface area contributed by atoms with E-state index in [2.05, 4.69) is 20.3 Å². The fraction of sp³-hybridized carbons (Fsp3) is 0.714. The first kappa shape index (κ1) is 14.5. The van der Waals surface area contributed by atoms with E-state index < -0.39 is 0 Å². The van der Waals surface area contributed by atoms with Gasteiger partial charge in [-0.1, -0.05) is 0 Å². The number of nitrogen functional groups attached to an aromatic ring is 1.